The fraction of sp³-hybridized carbons (Fsp3) is 0.588. The summed E-state index contributed by atoms with van der Waals surface area (Å²) in [5.41, 5.74) is 3.47. The molecule has 1 saturated heterocycles. The molecular weight excluding hydrogens is 284 g/mol. The Labute approximate surface area is 134 Å². The third kappa shape index (κ3) is 4.45. The number of benzene rings is 1. The average molecular weight is 311 g/mol. The molecule has 2 rings (SSSR count). The molecule has 118 valence electrons. The minimum atomic E-state index is 0. The number of aryl methyl sites for hydroxylation is 2. The molecule has 4 heteroatoms. The molecule has 0 spiro atoms. The molecule has 0 aromatic heterocycles. The van der Waals surface area contributed by atoms with Gasteiger partial charge in [-0.15, -0.1) is 12.4 Å². The van der Waals surface area contributed by atoms with Gasteiger partial charge in [0.15, 0.2) is 0 Å². The lowest BCUT2D eigenvalue weighted by atomic mass is 9.91. The van der Waals surface area contributed by atoms with Gasteiger partial charge in [-0.05, 0) is 70.3 Å². The number of halogens is 1. The molecule has 3 nitrogen and oxygen atoms in total. The molecule has 0 unspecified atom stereocenters. The summed E-state index contributed by atoms with van der Waals surface area (Å²) in [6.45, 7) is 10.1. The molecule has 1 fully saturated rings. The number of amides is 1. The third-order valence-electron chi connectivity index (χ3n) is 4.07. The molecule has 1 aliphatic heterocycles. The smallest absolute Gasteiger partial charge is 0.230 e. The molecule has 1 aromatic carbocycles. The Morgan fingerprint density at radius 3 is 2.43 bits per heavy atom. The van der Waals surface area contributed by atoms with Gasteiger partial charge in [-0.3, -0.25) is 4.79 Å². The van der Waals surface area contributed by atoms with E-state index in [2.05, 4.69) is 51.2 Å². The van der Waals surface area contributed by atoms with Crippen molar-refractivity contribution >= 4 is 24.0 Å². The predicted octanol–water partition coefficient (Wildman–Crippen LogP) is 3.47. The van der Waals surface area contributed by atoms with Crippen LogP contribution in [-0.2, 0) is 4.79 Å². The molecule has 0 radical (unpaired) electrons. The summed E-state index contributed by atoms with van der Waals surface area (Å²) >= 11 is 0. The predicted molar refractivity (Wildman–Crippen MR) is 91.4 cm³/mol. The van der Waals surface area contributed by atoms with Crippen molar-refractivity contribution in [1.82, 2.24) is 5.32 Å². The summed E-state index contributed by atoms with van der Waals surface area (Å²) in [4.78, 5) is 14.7. The van der Waals surface area contributed by atoms with Gasteiger partial charge in [0, 0.05) is 24.2 Å². The maximum atomic E-state index is 12.8. The van der Waals surface area contributed by atoms with Gasteiger partial charge in [0.2, 0.25) is 5.91 Å². The summed E-state index contributed by atoms with van der Waals surface area (Å²) < 4.78 is 0. The van der Waals surface area contributed by atoms with E-state index in [0.717, 1.165) is 31.6 Å². The summed E-state index contributed by atoms with van der Waals surface area (Å²) in [7, 11) is 0. The number of nitrogens with one attached hydrogen (secondary N) is 1. The van der Waals surface area contributed by atoms with E-state index in [-0.39, 0.29) is 24.2 Å². The van der Waals surface area contributed by atoms with E-state index >= 15 is 0 Å². The molecule has 21 heavy (non-hydrogen) atoms. The zero-order valence-corrected chi connectivity index (χ0v) is 14.3. The van der Waals surface area contributed by atoms with Crippen molar-refractivity contribution in [3.05, 3.63) is 29.3 Å². The van der Waals surface area contributed by atoms with Gasteiger partial charge in [0.1, 0.15) is 0 Å². The second-order valence-electron chi connectivity index (χ2n) is 6.00. The van der Waals surface area contributed by atoms with Crippen LogP contribution >= 0.6 is 12.4 Å². The van der Waals surface area contributed by atoms with Gasteiger partial charge in [0.05, 0.1) is 0 Å². The molecule has 0 aliphatic carbocycles. The number of anilines is 1. The first-order chi connectivity index (χ1) is 9.51. The Bertz CT molecular complexity index is 469. The van der Waals surface area contributed by atoms with Crippen LogP contribution in [0.4, 0.5) is 5.69 Å². The lowest BCUT2D eigenvalue weighted by Crippen LogP contribution is -2.44. The van der Waals surface area contributed by atoms with Crippen molar-refractivity contribution in [3.63, 3.8) is 0 Å². The molecule has 1 amide bonds. The highest BCUT2D eigenvalue weighted by atomic mass is 35.5. The Morgan fingerprint density at radius 1 is 1.29 bits per heavy atom. The fourth-order valence-electron chi connectivity index (χ4n) is 3.15. The Morgan fingerprint density at radius 2 is 1.90 bits per heavy atom. The molecular formula is C17H27ClN2O. The number of rotatable bonds is 3. The van der Waals surface area contributed by atoms with Crippen LogP contribution in [-0.4, -0.2) is 25.0 Å². The van der Waals surface area contributed by atoms with Crippen LogP contribution in [0.25, 0.3) is 0 Å². The van der Waals surface area contributed by atoms with E-state index in [0.29, 0.717) is 6.04 Å². The molecule has 0 bridgehead atoms. The van der Waals surface area contributed by atoms with Crippen molar-refractivity contribution in [2.24, 2.45) is 5.92 Å². The Hall–Kier alpha value is -1.06. The lowest BCUT2D eigenvalue weighted by Gasteiger charge is -2.32. The third-order valence-corrected chi connectivity index (χ3v) is 4.07. The molecule has 1 N–H and O–H groups in total. The summed E-state index contributed by atoms with van der Waals surface area (Å²) in [5.74, 6) is 0.442. The number of carbonyl (C=O) groups excluding carboxylic acids is 1. The SMILES string of the molecule is CCN(C(=O)[C@H]1CCN[C@@H](C)C1)c1cc(C)cc(C)c1.Cl. The fourth-order valence-corrected chi connectivity index (χ4v) is 3.15. The highest BCUT2D eigenvalue weighted by Gasteiger charge is 2.28. The topological polar surface area (TPSA) is 32.3 Å². The second kappa shape index (κ2) is 7.81. The van der Waals surface area contributed by atoms with Gasteiger partial charge in [0.25, 0.3) is 0 Å². The van der Waals surface area contributed by atoms with E-state index in [1.165, 1.54) is 11.1 Å². The van der Waals surface area contributed by atoms with E-state index in [9.17, 15) is 4.79 Å². The largest absolute Gasteiger partial charge is 0.314 e. The zero-order valence-electron chi connectivity index (χ0n) is 13.5. The maximum Gasteiger partial charge on any atom is 0.230 e. The minimum absolute atomic E-state index is 0. The highest BCUT2D eigenvalue weighted by molar-refractivity contribution is 5.95. The second-order valence-corrected chi connectivity index (χ2v) is 6.00. The molecule has 1 aliphatic rings. The first-order valence-corrected chi connectivity index (χ1v) is 7.64. The summed E-state index contributed by atoms with van der Waals surface area (Å²) in [6, 6.07) is 6.81. The monoisotopic (exact) mass is 310 g/mol. The number of piperidine rings is 1. The van der Waals surface area contributed by atoms with Crippen LogP contribution in [0.5, 0.6) is 0 Å². The average Bonchev–Trinajstić information content (AvgIpc) is 2.38. The van der Waals surface area contributed by atoms with Crippen molar-refractivity contribution < 1.29 is 4.79 Å². The Kier molecular flexibility index (Phi) is 6.69. The van der Waals surface area contributed by atoms with Gasteiger partial charge in [-0.1, -0.05) is 6.07 Å². The molecule has 1 aromatic rings. The maximum absolute atomic E-state index is 12.8. The van der Waals surface area contributed by atoms with Crippen molar-refractivity contribution in [2.75, 3.05) is 18.0 Å². The van der Waals surface area contributed by atoms with Crippen LogP contribution in [0.15, 0.2) is 18.2 Å². The minimum Gasteiger partial charge on any atom is -0.314 e. The molecule has 0 saturated carbocycles. The normalized spacial score (nSPS) is 21.5. The van der Waals surface area contributed by atoms with Crippen LogP contribution < -0.4 is 10.2 Å². The first kappa shape index (κ1) is 18.0. The summed E-state index contributed by atoms with van der Waals surface area (Å²) in [6.07, 6.45) is 1.89. The van der Waals surface area contributed by atoms with Crippen LogP contribution in [0.3, 0.4) is 0 Å². The lowest BCUT2D eigenvalue weighted by molar-refractivity contribution is -0.123. The number of nitrogens with zero attached hydrogens (tertiary/aromatic N) is 1. The molecule has 2 atom stereocenters. The molecule has 1 heterocycles. The number of carbonyl (C=O) groups is 1. The van der Waals surface area contributed by atoms with E-state index in [1.807, 2.05) is 4.90 Å². The van der Waals surface area contributed by atoms with Crippen molar-refractivity contribution in [1.29, 1.82) is 0 Å². The van der Waals surface area contributed by atoms with Crippen LogP contribution in [0, 0.1) is 19.8 Å². The van der Waals surface area contributed by atoms with Crippen molar-refractivity contribution in [3.8, 4) is 0 Å². The summed E-state index contributed by atoms with van der Waals surface area (Å²) in [5, 5.41) is 3.41. The highest BCUT2D eigenvalue weighted by Crippen LogP contribution is 2.24. The quantitative estimate of drug-likeness (QED) is 0.927. The standard InChI is InChI=1S/C17H26N2O.ClH/c1-5-19(16-9-12(2)8-13(3)10-16)17(20)15-6-7-18-14(4)11-15;/h8-10,14-15,18H,5-7,11H2,1-4H3;1H/t14-,15-;/m0./s1. The van der Waals surface area contributed by atoms with Gasteiger partial charge in [-0.25, -0.2) is 0 Å². The van der Waals surface area contributed by atoms with E-state index in [4.69, 9.17) is 0 Å². The first-order valence-electron chi connectivity index (χ1n) is 7.64. The van der Waals surface area contributed by atoms with Crippen LogP contribution in [0.1, 0.15) is 37.8 Å². The van der Waals surface area contributed by atoms with Gasteiger partial charge < -0.3 is 10.2 Å². The van der Waals surface area contributed by atoms with Gasteiger partial charge in [-0.2, -0.15) is 0 Å². The van der Waals surface area contributed by atoms with E-state index in [1.54, 1.807) is 0 Å². The zero-order chi connectivity index (χ0) is 14.7. The van der Waals surface area contributed by atoms with E-state index < -0.39 is 0 Å². The van der Waals surface area contributed by atoms with Crippen LogP contribution in [0.2, 0.25) is 0 Å². The van der Waals surface area contributed by atoms with Crippen molar-refractivity contribution in [2.45, 2.75) is 46.6 Å². The van der Waals surface area contributed by atoms with Gasteiger partial charge >= 0.3 is 0 Å². The number of hydrogen-bond donors (Lipinski definition) is 1. The number of hydrogen-bond acceptors (Lipinski definition) is 2. The Balaban J connectivity index is 0.00000220.